The average molecular weight is 254 g/mol. The molecule has 1 N–H and O–H groups in total. The molecule has 4 heteroatoms. The smallest absolute Gasteiger partial charge is 0.236 e. The van der Waals surface area contributed by atoms with Crippen molar-refractivity contribution in [2.75, 3.05) is 26.2 Å². The predicted octanol–water partition coefficient (Wildman–Crippen LogP) is 1.23. The Labute approximate surface area is 110 Å². The molecule has 0 radical (unpaired) electrons. The van der Waals surface area contributed by atoms with Crippen molar-refractivity contribution in [1.29, 1.82) is 0 Å². The van der Waals surface area contributed by atoms with Gasteiger partial charge in [0.2, 0.25) is 5.91 Å². The van der Waals surface area contributed by atoms with E-state index in [4.69, 9.17) is 0 Å². The van der Waals surface area contributed by atoms with Gasteiger partial charge >= 0.3 is 0 Å². The zero-order chi connectivity index (χ0) is 13.0. The van der Waals surface area contributed by atoms with E-state index < -0.39 is 0 Å². The van der Waals surface area contributed by atoms with Crippen LogP contribution in [-0.4, -0.2) is 59.1 Å². The lowest BCUT2D eigenvalue weighted by Gasteiger charge is -2.30. The third-order valence-electron chi connectivity index (χ3n) is 4.20. The number of carbonyl (C=O) groups is 1. The molecule has 0 aromatic rings. The molecular weight excluding hydrogens is 228 g/mol. The van der Waals surface area contributed by atoms with Gasteiger partial charge in [-0.15, -0.1) is 0 Å². The van der Waals surface area contributed by atoms with Crippen molar-refractivity contribution in [2.45, 2.75) is 57.5 Å². The van der Waals surface area contributed by atoms with Gasteiger partial charge in [0.1, 0.15) is 0 Å². The Bertz CT molecular complexity index is 279. The van der Waals surface area contributed by atoms with E-state index in [1.165, 1.54) is 25.7 Å². The second kappa shape index (κ2) is 6.53. The molecule has 1 aliphatic heterocycles. The molecule has 1 aliphatic carbocycles. The maximum absolute atomic E-state index is 12.3. The highest BCUT2D eigenvalue weighted by Crippen LogP contribution is 2.27. The Kier molecular flexibility index (Phi) is 5.01. The summed E-state index contributed by atoms with van der Waals surface area (Å²) in [6, 6.07) is 0.691. The van der Waals surface area contributed by atoms with Crippen LogP contribution in [0.1, 0.15) is 45.4 Å². The van der Waals surface area contributed by atoms with Crippen LogP contribution in [-0.2, 0) is 4.79 Å². The van der Waals surface area contributed by atoms with E-state index in [1.54, 1.807) is 0 Å². The van der Waals surface area contributed by atoms with Crippen LogP contribution in [0.25, 0.3) is 0 Å². The molecule has 0 spiro atoms. The van der Waals surface area contributed by atoms with Crippen molar-refractivity contribution < 1.29 is 9.90 Å². The second-order valence-electron chi connectivity index (χ2n) is 5.57. The van der Waals surface area contributed by atoms with E-state index in [2.05, 4.69) is 11.8 Å². The minimum absolute atomic E-state index is 0.183. The maximum Gasteiger partial charge on any atom is 0.236 e. The van der Waals surface area contributed by atoms with Gasteiger partial charge in [-0.3, -0.25) is 9.69 Å². The van der Waals surface area contributed by atoms with E-state index in [-0.39, 0.29) is 18.6 Å². The highest BCUT2D eigenvalue weighted by Gasteiger charge is 2.33. The van der Waals surface area contributed by atoms with Crippen molar-refractivity contribution in [2.24, 2.45) is 0 Å². The topological polar surface area (TPSA) is 43.8 Å². The summed E-state index contributed by atoms with van der Waals surface area (Å²) >= 11 is 0. The number of likely N-dealkylation sites (N-methyl/N-ethyl adjacent to an activating group) is 1. The van der Waals surface area contributed by atoms with Crippen molar-refractivity contribution in [3.05, 3.63) is 0 Å². The highest BCUT2D eigenvalue weighted by atomic mass is 16.3. The lowest BCUT2D eigenvalue weighted by Crippen LogP contribution is -2.46. The SMILES string of the molecule is CCN(C(=O)CN1CCCCCC1CO)C1CC1. The zero-order valence-electron chi connectivity index (χ0n) is 11.5. The molecule has 1 amide bonds. The van der Waals surface area contributed by atoms with Crippen LogP contribution in [0.3, 0.4) is 0 Å². The monoisotopic (exact) mass is 254 g/mol. The molecular formula is C14H26N2O2. The van der Waals surface area contributed by atoms with Crippen LogP contribution < -0.4 is 0 Å². The van der Waals surface area contributed by atoms with Crippen molar-refractivity contribution in [3.63, 3.8) is 0 Å². The van der Waals surface area contributed by atoms with Crippen LogP contribution in [0.2, 0.25) is 0 Å². The fourth-order valence-corrected chi connectivity index (χ4v) is 2.94. The minimum Gasteiger partial charge on any atom is -0.395 e. The molecule has 0 aromatic heterocycles. The molecule has 2 fully saturated rings. The quantitative estimate of drug-likeness (QED) is 0.802. The molecule has 1 atom stereocenters. The number of hydrogen-bond donors (Lipinski definition) is 1. The van der Waals surface area contributed by atoms with Gasteiger partial charge in [0.25, 0.3) is 0 Å². The van der Waals surface area contributed by atoms with Gasteiger partial charge in [0.05, 0.1) is 13.2 Å². The number of aliphatic hydroxyl groups excluding tert-OH is 1. The Morgan fingerprint density at radius 2 is 2.06 bits per heavy atom. The fourth-order valence-electron chi connectivity index (χ4n) is 2.94. The lowest BCUT2D eigenvalue weighted by molar-refractivity contribution is -0.133. The summed E-state index contributed by atoms with van der Waals surface area (Å²) in [7, 11) is 0. The van der Waals surface area contributed by atoms with E-state index in [1.807, 2.05) is 4.90 Å². The van der Waals surface area contributed by atoms with Crippen LogP contribution >= 0.6 is 0 Å². The molecule has 0 bridgehead atoms. The van der Waals surface area contributed by atoms with Gasteiger partial charge in [-0.2, -0.15) is 0 Å². The maximum atomic E-state index is 12.3. The molecule has 2 aliphatic rings. The summed E-state index contributed by atoms with van der Waals surface area (Å²) in [5.74, 6) is 0.250. The van der Waals surface area contributed by atoms with E-state index in [0.717, 1.165) is 25.9 Å². The summed E-state index contributed by atoms with van der Waals surface area (Å²) in [6.45, 7) is 4.51. The third-order valence-corrected chi connectivity index (χ3v) is 4.20. The van der Waals surface area contributed by atoms with Gasteiger partial charge in [0, 0.05) is 18.6 Å². The van der Waals surface area contributed by atoms with Gasteiger partial charge in [-0.1, -0.05) is 12.8 Å². The number of amides is 1. The zero-order valence-corrected chi connectivity index (χ0v) is 11.5. The van der Waals surface area contributed by atoms with Crippen molar-refractivity contribution in [3.8, 4) is 0 Å². The summed E-state index contributed by atoms with van der Waals surface area (Å²) < 4.78 is 0. The first-order chi connectivity index (χ1) is 8.76. The van der Waals surface area contributed by atoms with E-state index in [9.17, 15) is 9.90 Å². The van der Waals surface area contributed by atoms with Crippen molar-refractivity contribution >= 4 is 5.91 Å². The molecule has 1 saturated heterocycles. The Balaban J connectivity index is 1.90. The largest absolute Gasteiger partial charge is 0.395 e. The summed E-state index contributed by atoms with van der Waals surface area (Å²) in [4.78, 5) is 16.5. The summed E-state index contributed by atoms with van der Waals surface area (Å²) in [5, 5.41) is 9.45. The number of nitrogens with zero attached hydrogens (tertiary/aromatic N) is 2. The molecule has 104 valence electrons. The number of hydrogen-bond acceptors (Lipinski definition) is 3. The van der Waals surface area contributed by atoms with E-state index in [0.29, 0.717) is 12.6 Å². The van der Waals surface area contributed by atoms with Gasteiger partial charge in [-0.25, -0.2) is 0 Å². The van der Waals surface area contributed by atoms with Crippen LogP contribution in [0.5, 0.6) is 0 Å². The lowest BCUT2D eigenvalue weighted by atomic mass is 10.1. The Hall–Kier alpha value is -0.610. The number of aliphatic hydroxyl groups is 1. The van der Waals surface area contributed by atoms with Crippen LogP contribution in [0.15, 0.2) is 0 Å². The summed E-state index contributed by atoms with van der Waals surface area (Å²) in [5.41, 5.74) is 0. The predicted molar refractivity (Wildman–Crippen MR) is 71.3 cm³/mol. The first-order valence-corrected chi connectivity index (χ1v) is 7.40. The fraction of sp³-hybridized carbons (Fsp3) is 0.929. The van der Waals surface area contributed by atoms with Crippen LogP contribution in [0.4, 0.5) is 0 Å². The molecule has 2 rings (SSSR count). The number of carbonyl (C=O) groups excluding carboxylic acids is 1. The Morgan fingerprint density at radius 1 is 1.28 bits per heavy atom. The standard InChI is InChI=1S/C14H26N2O2/c1-2-16(12-7-8-12)14(18)10-15-9-5-3-4-6-13(15)11-17/h12-13,17H,2-11H2,1H3. The first kappa shape index (κ1) is 13.8. The normalized spacial score (nSPS) is 25.8. The average Bonchev–Trinajstić information content (AvgIpc) is 3.18. The van der Waals surface area contributed by atoms with Crippen molar-refractivity contribution in [1.82, 2.24) is 9.80 Å². The molecule has 1 heterocycles. The molecule has 0 aromatic carbocycles. The Morgan fingerprint density at radius 3 is 2.67 bits per heavy atom. The van der Waals surface area contributed by atoms with E-state index >= 15 is 0 Å². The third kappa shape index (κ3) is 3.45. The van der Waals surface area contributed by atoms with Crippen LogP contribution in [0, 0.1) is 0 Å². The number of likely N-dealkylation sites (tertiary alicyclic amines) is 1. The highest BCUT2D eigenvalue weighted by molar-refractivity contribution is 5.79. The van der Waals surface area contributed by atoms with Gasteiger partial charge < -0.3 is 10.0 Å². The second-order valence-corrected chi connectivity index (χ2v) is 5.57. The molecule has 1 unspecified atom stereocenters. The number of rotatable bonds is 5. The van der Waals surface area contributed by atoms with Gasteiger partial charge in [-0.05, 0) is 39.2 Å². The molecule has 18 heavy (non-hydrogen) atoms. The first-order valence-electron chi connectivity index (χ1n) is 7.40. The molecule has 1 saturated carbocycles. The van der Waals surface area contributed by atoms with Gasteiger partial charge in [0.15, 0.2) is 0 Å². The molecule has 4 nitrogen and oxygen atoms in total. The minimum atomic E-state index is 0.183. The summed E-state index contributed by atoms with van der Waals surface area (Å²) in [6.07, 6.45) is 6.92.